The topological polar surface area (TPSA) is 58.2 Å². The molecule has 0 fully saturated rings. The molecule has 86 valence electrons. The van der Waals surface area contributed by atoms with E-state index >= 15 is 0 Å². The van der Waals surface area contributed by atoms with Crippen LogP contribution < -0.4 is 0 Å². The summed E-state index contributed by atoms with van der Waals surface area (Å²) >= 11 is 1.48. The minimum Gasteiger partial charge on any atom is -0.296 e. The summed E-state index contributed by atoms with van der Waals surface area (Å²) in [7, 11) is 0. The highest BCUT2D eigenvalue weighted by Gasteiger charge is 2.13. The van der Waals surface area contributed by atoms with Crippen molar-refractivity contribution in [2.45, 2.75) is 0 Å². The maximum absolute atomic E-state index is 11.2. The summed E-state index contributed by atoms with van der Waals surface area (Å²) in [5.74, 6) is 0. The maximum atomic E-state index is 11.2. The molecule has 0 saturated carbocycles. The predicted molar refractivity (Wildman–Crippen MR) is 68.6 cm³/mol. The van der Waals surface area contributed by atoms with Gasteiger partial charge in [0.25, 0.3) is 0 Å². The van der Waals surface area contributed by atoms with E-state index in [0.717, 1.165) is 16.8 Å². The van der Waals surface area contributed by atoms with Crippen molar-refractivity contribution < 1.29 is 4.79 Å². The molecule has 0 N–H and O–H groups in total. The molecule has 0 spiro atoms. The van der Waals surface area contributed by atoms with Gasteiger partial charge in [-0.2, -0.15) is 5.26 Å². The Morgan fingerprint density at radius 2 is 2.11 bits per heavy atom. The molecule has 0 atom stereocenters. The zero-order valence-electron chi connectivity index (χ0n) is 9.20. The summed E-state index contributed by atoms with van der Waals surface area (Å²) in [4.78, 5) is 16.4. The summed E-state index contributed by atoms with van der Waals surface area (Å²) in [6.45, 7) is 0. The number of thiazole rings is 1. The van der Waals surface area contributed by atoms with Crippen molar-refractivity contribution in [2.75, 3.05) is 0 Å². The van der Waals surface area contributed by atoms with Crippen LogP contribution >= 0.6 is 11.3 Å². The first-order chi connectivity index (χ1) is 8.83. The zero-order valence-corrected chi connectivity index (χ0v) is 10.0. The SMILES string of the molecule is N#Cc1ccc(-c2nc3sccn3c2C=O)cc1. The number of hydrogen-bond donors (Lipinski definition) is 0. The van der Waals surface area contributed by atoms with E-state index in [1.807, 2.05) is 11.6 Å². The number of benzene rings is 1. The average molecular weight is 253 g/mol. The molecular formula is C13H7N3OS. The number of hydrogen-bond acceptors (Lipinski definition) is 4. The maximum Gasteiger partial charge on any atom is 0.194 e. The van der Waals surface area contributed by atoms with Gasteiger partial charge < -0.3 is 0 Å². The Bertz CT molecular complexity index is 762. The van der Waals surface area contributed by atoms with Gasteiger partial charge in [-0.05, 0) is 12.1 Å². The number of aromatic nitrogens is 2. The Morgan fingerprint density at radius 1 is 1.33 bits per heavy atom. The van der Waals surface area contributed by atoms with Crippen molar-refractivity contribution in [3.05, 3.63) is 47.1 Å². The third-order valence-corrected chi connectivity index (χ3v) is 3.45. The van der Waals surface area contributed by atoms with E-state index in [-0.39, 0.29) is 0 Å². The van der Waals surface area contributed by atoms with Gasteiger partial charge in [0, 0.05) is 17.1 Å². The molecule has 3 aromatic rings. The Hall–Kier alpha value is -2.45. The van der Waals surface area contributed by atoms with Crippen molar-refractivity contribution in [3.63, 3.8) is 0 Å². The molecule has 1 aromatic carbocycles. The van der Waals surface area contributed by atoms with Crippen molar-refractivity contribution in [2.24, 2.45) is 0 Å². The highest BCUT2D eigenvalue weighted by Crippen LogP contribution is 2.25. The lowest BCUT2D eigenvalue weighted by molar-refractivity contribution is 0.111. The molecule has 2 heterocycles. The number of nitriles is 1. The van der Waals surface area contributed by atoms with Crippen LogP contribution in [0.5, 0.6) is 0 Å². The van der Waals surface area contributed by atoms with E-state index in [9.17, 15) is 4.79 Å². The van der Waals surface area contributed by atoms with E-state index in [2.05, 4.69) is 11.1 Å². The van der Waals surface area contributed by atoms with Gasteiger partial charge in [-0.3, -0.25) is 9.20 Å². The number of imidazole rings is 1. The largest absolute Gasteiger partial charge is 0.296 e. The molecule has 2 aromatic heterocycles. The second kappa shape index (κ2) is 4.09. The standard InChI is InChI=1S/C13H7N3OS/c14-7-9-1-3-10(4-2-9)12-11(8-17)16-5-6-18-13(16)15-12/h1-6,8H. The van der Waals surface area contributed by atoms with Crippen LogP contribution in [0.4, 0.5) is 0 Å². The second-order valence-corrected chi connectivity index (χ2v) is 4.58. The Morgan fingerprint density at radius 3 is 2.78 bits per heavy atom. The average Bonchev–Trinajstić information content (AvgIpc) is 2.98. The van der Waals surface area contributed by atoms with Crippen LogP contribution in [-0.4, -0.2) is 15.7 Å². The third-order valence-electron chi connectivity index (χ3n) is 2.70. The van der Waals surface area contributed by atoms with E-state index in [1.165, 1.54) is 11.3 Å². The van der Waals surface area contributed by atoms with Gasteiger partial charge in [-0.15, -0.1) is 11.3 Å². The Kier molecular flexibility index (Phi) is 2.43. The van der Waals surface area contributed by atoms with Crippen LogP contribution in [-0.2, 0) is 0 Å². The molecule has 0 aliphatic carbocycles. The van der Waals surface area contributed by atoms with E-state index in [1.54, 1.807) is 28.7 Å². The van der Waals surface area contributed by atoms with Crippen LogP contribution in [0.15, 0.2) is 35.8 Å². The third kappa shape index (κ3) is 1.51. The minimum absolute atomic E-state index is 0.538. The molecule has 0 bridgehead atoms. The van der Waals surface area contributed by atoms with Gasteiger partial charge in [0.15, 0.2) is 11.2 Å². The van der Waals surface area contributed by atoms with Gasteiger partial charge >= 0.3 is 0 Å². The fourth-order valence-corrected chi connectivity index (χ4v) is 2.55. The quantitative estimate of drug-likeness (QED) is 0.660. The summed E-state index contributed by atoms with van der Waals surface area (Å²) in [5, 5.41) is 10.6. The Labute approximate surface area is 107 Å². The first-order valence-electron chi connectivity index (χ1n) is 5.25. The van der Waals surface area contributed by atoms with Crippen molar-refractivity contribution in [3.8, 4) is 17.3 Å². The molecule has 0 radical (unpaired) electrons. The molecule has 4 nitrogen and oxygen atoms in total. The van der Waals surface area contributed by atoms with Crippen molar-refractivity contribution in [1.82, 2.24) is 9.38 Å². The number of nitrogens with zero attached hydrogens (tertiary/aromatic N) is 3. The summed E-state index contributed by atoms with van der Waals surface area (Å²) in [6, 6.07) is 9.11. The van der Waals surface area contributed by atoms with Crippen LogP contribution in [0.2, 0.25) is 0 Å². The molecule has 0 saturated heterocycles. The number of rotatable bonds is 2. The highest BCUT2D eigenvalue weighted by molar-refractivity contribution is 7.15. The van der Waals surface area contributed by atoms with Gasteiger partial charge in [0.1, 0.15) is 11.4 Å². The normalized spacial score (nSPS) is 10.4. The number of carbonyl (C=O) groups is 1. The summed E-state index contributed by atoms with van der Waals surface area (Å²) in [6.07, 6.45) is 2.63. The van der Waals surface area contributed by atoms with E-state index in [0.29, 0.717) is 17.0 Å². The summed E-state index contributed by atoms with van der Waals surface area (Å²) in [5.41, 5.74) is 2.62. The van der Waals surface area contributed by atoms with Crippen LogP contribution in [0, 0.1) is 11.3 Å². The molecule has 3 rings (SSSR count). The molecule has 5 heteroatoms. The smallest absolute Gasteiger partial charge is 0.194 e. The number of aldehydes is 1. The van der Waals surface area contributed by atoms with Gasteiger partial charge in [-0.25, -0.2) is 4.98 Å². The second-order valence-electron chi connectivity index (χ2n) is 3.71. The predicted octanol–water partition coefficient (Wildman–Crippen LogP) is 2.75. The number of fused-ring (bicyclic) bond motifs is 1. The van der Waals surface area contributed by atoms with Crippen LogP contribution in [0.25, 0.3) is 16.2 Å². The fourth-order valence-electron chi connectivity index (χ4n) is 1.83. The van der Waals surface area contributed by atoms with Gasteiger partial charge in [-0.1, -0.05) is 12.1 Å². The molecular weight excluding hydrogens is 246 g/mol. The highest BCUT2D eigenvalue weighted by atomic mass is 32.1. The fraction of sp³-hybridized carbons (Fsp3) is 0. The summed E-state index contributed by atoms with van der Waals surface area (Å²) < 4.78 is 1.77. The Balaban J connectivity index is 2.21. The molecule has 0 unspecified atom stereocenters. The molecule has 18 heavy (non-hydrogen) atoms. The van der Waals surface area contributed by atoms with Crippen molar-refractivity contribution in [1.29, 1.82) is 5.26 Å². The molecule has 0 aliphatic heterocycles. The molecule has 0 amide bonds. The van der Waals surface area contributed by atoms with Crippen LogP contribution in [0.3, 0.4) is 0 Å². The molecule has 0 aliphatic rings. The lowest BCUT2D eigenvalue weighted by Crippen LogP contribution is -1.90. The first-order valence-corrected chi connectivity index (χ1v) is 6.12. The van der Waals surface area contributed by atoms with Gasteiger partial charge in [0.2, 0.25) is 0 Å². The first kappa shape index (κ1) is 10.7. The number of carbonyl (C=O) groups excluding carboxylic acids is 1. The lowest BCUT2D eigenvalue weighted by atomic mass is 10.1. The van der Waals surface area contributed by atoms with E-state index in [4.69, 9.17) is 5.26 Å². The van der Waals surface area contributed by atoms with E-state index < -0.39 is 0 Å². The lowest BCUT2D eigenvalue weighted by Gasteiger charge is -1.98. The monoisotopic (exact) mass is 253 g/mol. The minimum atomic E-state index is 0.538. The van der Waals surface area contributed by atoms with Gasteiger partial charge in [0.05, 0.1) is 11.6 Å². The van der Waals surface area contributed by atoms with Crippen molar-refractivity contribution >= 4 is 22.6 Å². The van der Waals surface area contributed by atoms with Crippen LogP contribution in [0.1, 0.15) is 16.1 Å². The zero-order chi connectivity index (χ0) is 12.5.